The lowest BCUT2D eigenvalue weighted by Crippen LogP contribution is -2.62. The first kappa shape index (κ1) is 24.4. The number of fused-ring (bicyclic) bond motifs is 2. The van der Waals surface area contributed by atoms with Gasteiger partial charge in [0.25, 0.3) is 0 Å². The van der Waals surface area contributed by atoms with Crippen LogP contribution in [0, 0.1) is 17.3 Å². The average Bonchev–Trinajstić information content (AvgIpc) is 2.59. The minimum atomic E-state index is -4.56. The van der Waals surface area contributed by atoms with Crippen LogP contribution < -0.4 is 0 Å². The maximum atomic E-state index is 13.1. The first-order chi connectivity index (χ1) is 13.0. The lowest BCUT2D eigenvalue weighted by molar-refractivity contribution is -0.137. The van der Waals surface area contributed by atoms with E-state index in [-0.39, 0.29) is 34.6 Å². The monoisotopic (exact) mass is 454 g/mol. The molecule has 0 N–H and O–H groups in total. The summed E-state index contributed by atoms with van der Waals surface area (Å²) in [5.74, 6) is 0.329. The number of rotatable bonds is 5. The summed E-state index contributed by atoms with van der Waals surface area (Å²) in [6.07, 6.45) is -2.33. The first-order valence-electron chi connectivity index (χ1n) is 9.86. The molecule has 2 fully saturated rings. The summed E-state index contributed by atoms with van der Waals surface area (Å²) in [5.41, 5.74) is -0.917. The molecule has 2 unspecified atom stereocenters. The number of halogens is 4. The Balaban J connectivity index is 0.00000300. The molecule has 0 spiro atoms. The number of hydrogen-bond donors (Lipinski definition) is 0. The lowest BCUT2D eigenvalue weighted by Gasteiger charge is -2.55. The summed E-state index contributed by atoms with van der Waals surface area (Å²) in [6.45, 7) is 9.91. The van der Waals surface area contributed by atoms with E-state index in [0.29, 0.717) is 13.1 Å². The van der Waals surface area contributed by atoms with Crippen LogP contribution in [0.3, 0.4) is 0 Å². The molecule has 2 atom stereocenters. The number of piperidine rings is 2. The van der Waals surface area contributed by atoms with E-state index in [0.717, 1.165) is 50.7 Å². The molecule has 9 heteroatoms. The van der Waals surface area contributed by atoms with Crippen LogP contribution in [0.2, 0.25) is 0 Å². The molecular formula is C20H30ClF3N2O2S. The van der Waals surface area contributed by atoms with Crippen LogP contribution in [0.1, 0.15) is 39.2 Å². The molecule has 0 aromatic heterocycles. The molecule has 2 aliphatic heterocycles. The number of likely N-dealkylation sites (tertiary alicyclic amines) is 1. The quantitative estimate of drug-likeness (QED) is 0.657. The van der Waals surface area contributed by atoms with E-state index in [1.807, 2.05) is 0 Å². The van der Waals surface area contributed by atoms with Crippen molar-refractivity contribution in [3.05, 3.63) is 29.8 Å². The molecule has 2 saturated heterocycles. The molecule has 4 nitrogen and oxygen atoms in total. The molecule has 0 radical (unpaired) electrons. The van der Waals surface area contributed by atoms with Gasteiger partial charge >= 0.3 is 6.18 Å². The van der Waals surface area contributed by atoms with E-state index in [9.17, 15) is 21.6 Å². The molecular weight excluding hydrogens is 425 g/mol. The van der Waals surface area contributed by atoms with Gasteiger partial charge in [0.05, 0.1) is 10.5 Å². The third kappa shape index (κ3) is 4.92. The van der Waals surface area contributed by atoms with Crippen molar-refractivity contribution in [3.63, 3.8) is 0 Å². The van der Waals surface area contributed by atoms with Crippen molar-refractivity contribution in [2.24, 2.45) is 17.3 Å². The van der Waals surface area contributed by atoms with Crippen LogP contribution in [0.4, 0.5) is 13.2 Å². The first-order valence-corrected chi connectivity index (χ1v) is 11.3. The highest BCUT2D eigenvalue weighted by atomic mass is 35.5. The predicted molar refractivity (Wildman–Crippen MR) is 110 cm³/mol. The zero-order chi connectivity index (χ0) is 20.7. The van der Waals surface area contributed by atoms with Crippen LogP contribution in [0.5, 0.6) is 0 Å². The van der Waals surface area contributed by atoms with Crippen molar-refractivity contribution in [1.29, 1.82) is 0 Å². The van der Waals surface area contributed by atoms with E-state index in [1.165, 1.54) is 10.4 Å². The topological polar surface area (TPSA) is 40.6 Å². The van der Waals surface area contributed by atoms with Crippen molar-refractivity contribution >= 4 is 22.4 Å². The fourth-order valence-electron chi connectivity index (χ4n) is 4.40. The summed E-state index contributed by atoms with van der Waals surface area (Å²) >= 11 is 0. The lowest BCUT2D eigenvalue weighted by atomic mass is 9.64. The van der Waals surface area contributed by atoms with Gasteiger partial charge in [0.15, 0.2) is 0 Å². The Morgan fingerprint density at radius 3 is 2.21 bits per heavy atom. The van der Waals surface area contributed by atoms with Crippen LogP contribution in [-0.2, 0) is 16.2 Å². The third-order valence-electron chi connectivity index (χ3n) is 6.54. The van der Waals surface area contributed by atoms with Crippen LogP contribution in [0.25, 0.3) is 0 Å². The molecule has 2 aliphatic rings. The molecule has 166 valence electrons. The molecule has 0 saturated carbocycles. The summed E-state index contributed by atoms with van der Waals surface area (Å²) in [5, 5.41) is 0. The Labute approximate surface area is 177 Å². The van der Waals surface area contributed by atoms with Gasteiger partial charge in [-0.1, -0.05) is 33.3 Å². The zero-order valence-electron chi connectivity index (χ0n) is 17.1. The number of benzene rings is 1. The zero-order valence-corrected chi connectivity index (χ0v) is 18.7. The Hall–Kier alpha value is -0.830. The molecule has 1 aromatic carbocycles. The molecule has 0 amide bonds. The summed E-state index contributed by atoms with van der Waals surface area (Å²) in [7, 11) is -3.96. The van der Waals surface area contributed by atoms with Gasteiger partial charge in [0.1, 0.15) is 0 Å². The number of nitrogens with zero attached hydrogens (tertiary/aromatic N) is 2. The molecule has 1 aromatic rings. The van der Waals surface area contributed by atoms with Crippen LogP contribution >= 0.6 is 12.4 Å². The average molecular weight is 455 g/mol. The summed E-state index contributed by atoms with van der Waals surface area (Å²) in [6, 6.07) is 4.07. The number of sulfonamides is 1. The van der Waals surface area contributed by atoms with Crippen molar-refractivity contribution in [2.45, 2.75) is 44.7 Å². The Bertz CT molecular complexity index is 796. The highest BCUT2D eigenvalue weighted by molar-refractivity contribution is 7.89. The molecule has 2 heterocycles. The second-order valence-corrected chi connectivity index (χ2v) is 10.6. The van der Waals surface area contributed by atoms with Gasteiger partial charge in [-0.25, -0.2) is 8.42 Å². The molecule has 29 heavy (non-hydrogen) atoms. The van der Waals surface area contributed by atoms with Gasteiger partial charge in [0, 0.05) is 26.2 Å². The number of alkyl halides is 3. The van der Waals surface area contributed by atoms with Crippen molar-refractivity contribution in [3.8, 4) is 0 Å². The molecule has 2 bridgehead atoms. The second kappa shape index (κ2) is 8.73. The van der Waals surface area contributed by atoms with E-state index in [1.54, 1.807) is 0 Å². The summed E-state index contributed by atoms with van der Waals surface area (Å²) < 4.78 is 66.7. The van der Waals surface area contributed by atoms with Gasteiger partial charge in [0.2, 0.25) is 10.0 Å². The summed E-state index contributed by atoms with van der Waals surface area (Å²) in [4.78, 5) is 2.14. The Morgan fingerprint density at radius 1 is 1.10 bits per heavy atom. The predicted octanol–water partition coefficient (Wildman–Crippen LogP) is 4.51. The smallest absolute Gasteiger partial charge is 0.303 e. The highest BCUT2D eigenvalue weighted by Gasteiger charge is 2.50. The second-order valence-electron chi connectivity index (χ2n) is 8.68. The SMILES string of the molecule is CCCCN1CC2CN(S(=O)(=O)c3cccc(C(F)(F)F)c3)CC(C1)C2(C)C.Cl. The van der Waals surface area contributed by atoms with E-state index in [4.69, 9.17) is 0 Å². The van der Waals surface area contributed by atoms with Crippen molar-refractivity contribution < 1.29 is 21.6 Å². The van der Waals surface area contributed by atoms with Gasteiger partial charge in [-0.3, -0.25) is 0 Å². The van der Waals surface area contributed by atoms with Gasteiger partial charge in [-0.05, 0) is 48.4 Å². The molecule has 0 aliphatic carbocycles. The minimum absolute atomic E-state index is 0. The van der Waals surface area contributed by atoms with Gasteiger partial charge in [-0.15, -0.1) is 12.4 Å². The largest absolute Gasteiger partial charge is 0.416 e. The van der Waals surface area contributed by atoms with Crippen molar-refractivity contribution in [2.75, 3.05) is 32.7 Å². The number of unbranched alkanes of at least 4 members (excludes halogenated alkanes) is 1. The van der Waals surface area contributed by atoms with Crippen LogP contribution in [-0.4, -0.2) is 50.3 Å². The maximum Gasteiger partial charge on any atom is 0.416 e. The van der Waals surface area contributed by atoms with E-state index >= 15 is 0 Å². The van der Waals surface area contributed by atoms with Crippen molar-refractivity contribution in [1.82, 2.24) is 9.21 Å². The third-order valence-corrected chi connectivity index (χ3v) is 8.36. The van der Waals surface area contributed by atoms with Gasteiger partial charge in [-0.2, -0.15) is 17.5 Å². The Kier molecular flexibility index (Phi) is 7.36. The van der Waals surface area contributed by atoms with E-state index in [2.05, 4.69) is 25.7 Å². The van der Waals surface area contributed by atoms with Gasteiger partial charge < -0.3 is 4.90 Å². The fraction of sp³-hybridized carbons (Fsp3) is 0.700. The highest BCUT2D eigenvalue weighted by Crippen LogP contribution is 2.45. The minimum Gasteiger partial charge on any atom is -0.303 e. The Morgan fingerprint density at radius 2 is 1.69 bits per heavy atom. The van der Waals surface area contributed by atoms with E-state index < -0.39 is 21.8 Å². The fourth-order valence-corrected chi connectivity index (χ4v) is 5.97. The normalized spacial score (nSPS) is 25.4. The standard InChI is InChI=1S/C20H29F3N2O2S.ClH/c1-4-5-9-24-11-16-13-25(14-17(12-24)19(16,2)3)28(26,27)18-8-6-7-15(10-18)20(21,22)23;/h6-8,10,16-17H,4-5,9,11-14H2,1-3H3;1H. The van der Waals surface area contributed by atoms with Crippen LogP contribution in [0.15, 0.2) is 29.2 Å². The molecule has 3 rings (SSSR count). The number of hydrogen-bond acceptors (Lipinski definition) is 3. The maximum absolute atomic E-state index is 13.1.